The predicted octanol–water partition coefficient (Wildman–Crippen LogP) is -0.240. The van der Waals surface area contributed by atoms with Crippen LogP contribution in [0.4, 0.5) is 0 Å². The molecule has 0 aromatic heterocycles. The molecular formula is LaO2Ta+4. The minimum Gasteiger partial charge on any atom is -2.00 e. The molecule has 16 valence electrons. The van der Waals surface area contributed by atoms with Crippen LogP contribution in [0.25, 0.3) is 0 Å². The summed E-state index contributed by atoms with van der Waals surface area (Å²) in [6.45, 7) is 0. The average molecular weight is 352 g/mol. The van der Waals surface area contributed by atoms with Crippen molar-refractivity contribution in [2.45, 2.75) is 0 Å². The fourth-order valence-electron chi connectivity index (χ4n) is 0. The normalized spacial score (nSPS) is 0. The second-order valence-electron chi connectivity index (χ2n) is 0. The maximum Gasteiger partial charge on any atom is 5.00 e. The van der Waals surface area contributed by atoms with Gasteiger partial charge in [-0.15, -0.1) is 0 Å². The Morgan fingerprint density at radius 3 is 0.750 bits per heavy atom. The Morgan fingerprint density at radius 2 is 0.750 bits per heavy atom. The molecule has 0 aliphatic heterocycles. The van der Waals surface area contributed by atoms with Gasteiger partial charge in [-0.2, -0.15) is 0 Å². The van der Waals surface area contributed by atoms with Crippen LogP contribution >= 0.6 is 0 Å². The van der Waals surface area contributed by atoms with Crippen molar-refractivity contribution in [1.29, 1.82) is 0 Å². The molecule has 0 saturated heterocycles. The summed E-state index contributed by atoms with van der Waals surface area (Å²) in [7, 11) is 0. The third-order valence-electron chi connectivity index (χ3n) is 0. The largest absolute Gasteiger partial charge is 5.00 e. The van der Waals surface area contributed by atoms with Crippen molar-refractivity contribution in [3.63, 3.8) is 0 Å². The van der Waals surface area contributed by atoms with Crippen molar-refractivity contribution in [3.05, 3.63) is 0 Å². The third-order valence-corrected chi connectivity index (χ3v) is 0. The van der Waals surface area contributed by atoms with Gasteiger partial charge in [0.1, 0.15) is 0 Å². The van der Waals surface area contributed by atoms with Crippen LogP contribution in [0.2, 0.25) is 0 Å². The Hall–Kier alpha value is 1.86. The molecule has 0 heterocycles. The standard InChI is InChI=1S/La.2O.Ta/q+3;2*-2;+5. The van der Waals surface area contributed by atoms with Gasteiger partial charge in [-0.05, 0) is 0 Å². The molecule has 0 saturated carbocycles. The summed E-state index contributed by atoms with van der Waals surface area (Å²) in [6.07, 6.45) is 0. The molecule has 0 atom stereocenters. The maximum atomic E-state index is 0. The van der Waals surface area contributed by atoms with Crippen molar-refractivity contribution in [3.8, 4) is 0 Å². The van der Waals surface area contributed by atoms with E-state index in [9.17, 15) is 0 Å². The predicted molar refractivity (Wildman–Crippen MR) is 1.37 cm³/mol. The van der Waals surface area contributed by atoms with Gasteiger partial charge in [-0.25, -0.2) is 0 Å². The monoisotopic (exact) mass is 352 g/mol. The van der Waals surface area contributed by atoms with Gasteiger partial charge in [-0.1, -0.05) is 0 Å². The van der Waals surface area contributed by atoms with Crippen molar-refractivity contribution in [1.82, 2.24) is 0 Å². The summed E-state index contributed by atoms with van der Waals surface area (Å²) in [5.41, 5.74) is 0. The van der Waals surface area contributed by atoms with E-state index in [1.807, 2.05) is 0 Å². The molecule has 0 fully saturated rings. The van der Waals surface area contributed by atoms with E-state index in [4.69, 9.17) is 0 Å². The van der Waals surface area contributed by atoms with E-state index in [1.165, 1.54) is 0 Å². The fourth-order valence-corrected chi connectivity index (χ4v) is 0. The Bertz CT molecular complexity index is 6.00. The van der Waals surface area contributed by atoms with Gasteiger partial charge in [-0.3, -0.25) is 0 Å². The summed E-state index contributed by atoms with van der Waals surface area (Å²) in [5.74, 6) is 0. The molecule has 4 heteroatoms. The first-order chi connectivity index (χ1) is 0. The molecule has 0 aliphatic carbocycles. The number of rotatable bonds is 0. The van der Waals surface area contributed by atoms with Crippen LogP contribution in [0, 0.1) is 35.6 Å². The first kappa shape index (κ1) is 40.1. The van der Waals surface area contributed by atoms with Gasteiger partial charge in [0.15, 0.2) is 0 Å². The van der Waals surface area contributed by atoms with Gasteiger partial charge in [0.05, 0.1) is 0 Å². The Morgan fingerprint density at radius 1 is 0.750 bits per heavy atom. The van der Waals surface area contributed by atoms with Crippen LogP contribution in [-0.2, 0) is 33.3 Å². The van der Waals surface area contributed by atoms with Gasteiger partial charge in [0, 0.05) is 0 Å². The quantitative estimate of drug-likeness (QED) is 0.578. The molecule has 0 bridgehead atoms. The van der Waals surface area contributed by atoms with Gasteiger partial charge < -0.3 is 11.0 Å². The van der Waals surface area contributed by atoms with Crippen LogP contribution < -0.4 is 0 Å². The van der Waals surface area contributed by atoms with Crippen molar-refractivity contribution in [2.24, 2.45) is 0 Å². The van der Waals surface area contributed by atoms with E-state index in [0.717, 1.165) is 0 Å². The van der Waals surface area contributed by atoms with Crippen LogP contribution in [0.15, 0.2) is 0 Å². The molecule has 0 rings (SSSR count). The molecule has 2 nitrogen and oxygen atoms in total. The molecule has 0 spiro atoms. The van der Waals surface area contributed by atoms with Gasteiger partial charge >= 0.3 is 58.0 Å². The van der Waals surface area contributed by atoms with E-state index in [2.05, 4.69) is 0 Å². The van der Waals surface area contributed by atoms with Crippen LogP contribution in [0.3, 0.4) is 0 Å². The first-order valence-corrected chi connectivity index (χ1v) is 0. The molecule has 0 amide bonds. The molecule has 4 heavy (non-hydrogen) atoms. The van der Waals surface area contributed by atoms with Crippen molar-refractivity contribution >= 4 is 0 Å². The minimum atomic E-state index is 0. The zero-order valence-corrected chi connectivity index (χ0v) is 8.68. The first-order valence-electron chi connectivity index (χ1n) is 0. The molecule has 0 aromatic rings. The second-order valence-corrected chi connectivity index (χ2v) is 0. The van der Waals surface area contributed by atoms with Crippen molar-refractivity contribution in [2.75, 3.05) is 0 Å². The van der Waals surface area contributed by atoms with E-state index >= 15 is 0 Å². The SMILES string of the molecule is [La+3].[O-2].[O-2].[Ta+5]. The number of hydrogen-bond acceptors (Lipinski definition) is 0. The van der Waals surface area contributed by atoms with Crippen LogP contribution in [0.1, 0.15) is 0 Å². The molecule has 0 aromatic carbocycles. The molecule has 0 unspecified atom stereocenters. The van der Waals surface area contributed by atoms with E-state index in [1.54, 1.807) is 0 Å². The third kappa shape index (κ3) is 9.13. The number of hydrogen-bond donors (Lipinski definition) is 0. The van der Waals surface area contributed by atoms with E-state index < -0.39 is 0 Å². The molecular weight excluding hydrogens is 352 g/mol. The Balaban J connectivity index is 0. The summed E-state index contributed by atoms with van der Waals surface area (Å²) in [4.78, 5) is 0. The van der Waals surface area contributed by atoms with Gasteiger partial charge in [0.25, 0.3) is 0 Å². The fraction of sp³-hybridized carbons (Fsp3) is 0. The van der Waals surface area contributed by atoms with E-state index in [-0.39, 0.29) is 68.9 Å². The smallest absolute Gasteiger partial charge is 2.00 e. The topological polar surface area (TPSA) is 57.0 Å². The van der Waals surface area contributed by atoms with Crippen LogP contribution in [0.5, 0.6) is 0 Å². The Kier molecular flexibility index (Phi) is 210. The van der Waals surface area contributed by atoms with Gasteiger partial charge in [0.2, 0.25) is 0 Å². The summed E-state index contributed by atoms with van der Waals surface area (Å²) < 4.78 is 0. The molecule has 0 N–H and O–H groups in total. The second kappa shape index (κ2) is 21.0. The van der Waals surface area contributed by atoms with E-state index in [0.29, 0.717) is 0 Å². The summed E-state index contributed by atoms with van der Waals surface area (Å²) in [6, 6.07) is 0. The molecule has 0 aliphatic rings. The zero-order valence-electron chi connectivity index (χ0n) is 1.84. The minimum absolute atomic E-state index is 0. The maximum absolute atomic E-state index is 0. The average Bonchev–Trinajstić information content (AvgIpc) is 0. The molecule has 0 radical (unpaired) electrons. The van der Waals surface area contributed by atoms with Crippen molar-refractivity contribution < 1.29 is 68.9 Å². The Labute approximate surface area is 68.1 Å². The zero-order chi connectivity index (χ0) is 0. The summed E-state index contributed by atoms with van der Waals surface area (Å²) >= 11 is 0. The summed E-state index contributed by atoms with van der Waals surface area (Å²) in [5, 5.41) is 0. The van der Waals surface area contributed by atoms with Crippen LogP contribution in [-0.4, -0.2) is 0 Å².